The monoisotopic (exact) mass is 466 g/mol. The first-order chi connectivity index (χ1) is 14.5. The number of rotatable bonds is 14. The van der Waals surface area contributed by atoms with Gasteiger partial charge in [0, 0.05) is 14.0 Å². The summed E-state index contributed by atoms with van der Waals surface area (Å²) in [6, 6.07) is 0. The Bertz CT molecular complexity index is 721. The van der Waals surface area contributed by atoms with Crippen molar-refractivity contribution in [1.82, 2.24) is 4.57 Å². The first kappa shape index (κ1) is 29.5. The van der Waals surface area contributed by atoms with Gasteiger partial charge >= 0.3 is 5.97 Å². The second-order valence-corrected chi connectivity index (χ2v) is 8.13. The van der Waals surface area contributed by atoms with Gasteiger partial charge < -0.3 is 18.8 Å². The molecular formula is C20H38N2O8S. The molecule has 2 atom stereocenters. The number of methoxy groups -OCH3 is 1. The summed E-state index contributed by atoms with van der Waals surface area (Å²) in [5.74, 6) is 0.635. The maximum atomic E-state index is 11.7. The van der Waals surface area contributed by atoms with Gasteiger partial charge in [-0.1, -0.05) is 39.0 Å². The van der Waals surface area contributed by atoms with E-state index >= 15 is 0 Å². The van der Waals surface area contributed by atoms with Crippen LogP contribution in [0.3, 0.4) is 0 Å². The molecule has 0 spiro atoms. The topological polar surface area (TPSA) is 120 Å². The van der Waals surface area contributed by atoms with Crippen LogP contribution in [-0.2, 0) is 47.2 Å². The van der Waals surface area contributed by atoms with Crippen LogP contribution in [0.1, 0.15) is 65.1 Å². The molecule has 182 valence electrons. The van der Waals surface area contributed by atoms with Crippen molar-refractivity contribution in [3.63, 3.8) is 0 Å². The lowest BCUT2D eigenvalue weighted by Gasteiger charge is -2.17. The molecular weight excluding hydrogens is 428 g/mol. The molecule has 1 aromatic rings. The van der Waals surface area contributed by atoms with Crippen LogP contribution in [0.4, 0.5) is 0 Å². The number of imidazole rings is 1. The van der Waals surface area contributed by atoms with Crippen LogP contribution in [-0.4, -0.2) is 49.8 Å². The summed E-state index contributed by atoms with van der Waals surface area (Å²) in [6.45, 7) is 7.66. The Hall–Kier alpha value is -1.53. The zero-order valence-corrected chi connectivity index (χ0v) is 20.4. The van der Waals surface area contributed by atoms with Gasteiger partial charge in [-0.15, -0.1) is 0 Å². The Morgan fingerprint density at radius 1 is 1.16 bits per heavy atom. The van der Waals surface area contributed by atoms with Crippen LogP contribution in [0.5, 0.6) is 0 Å². The molecule has 1 rings (SSSR count). The Morgan fingerprint density at radius 3 is 2.29 bits per heavy atom. The molecule has 31 heavy (non-hydrogen) atoms. The highest BCUT2D eigenvalue weighted by molar-refractivity contribution is 7.80. The van der Waals surface area contributed by atoms with Crippen LogP contribution in [0.25, 0.3) is 0 Å². The molecule has 0 aliphatic carbocycles. The second-order valence-electron chi connectivity index (χ2n) is 7.08. The highest BCUT2D eigenvalue weighted by Crippen LogP contribution is 2.05. The summed E-state index contributed by atoms with van der Waals surface area (Å²) in [6.07, 6.45) is 8.90. The first-order valence-electron chi connectivity index (χ1n) is 10.5. The maximum absolute atomic E-state index is 11.7. The van der Waals surface area contributed by atoms with Gasteiger partial charge in [-0.2, -0.15) is 0 Å². The number of hydrogen-bond donors (Lipinski definition) is 0. The third-order valence-electron chi connectivity index (χ3n) is 4.43. The third kappa shape index (κ3) is 15.9. The fraction of sp³-hybridized carbons (Fsp3) is 0.800. The highest BCUT2D eigenvalue weighted by Gasteiger charge is 2.17. The summed E-state index contributed by atoms with van der Waals surface area (Å²) in [4.78, 5) is 11.7. The molecule has 1 aromatic heterocycles. The summed E-state index contributed by atoms with van der Waals surface area (Å²) in [7, 11) is -1.02. The van der Waals surface area contributed by atoms with Gasteiger partial charge in [0.15, 0.2) is 12.8 Å². The van der Waals surface area contributed by atoms with Crippen molar-refractivity contribution in [2.24, 2.45) is 7.05 Å². The lowest BCUT2D eigenvalue weighted by atomic mass is 10.1. The number of esters is 1. The molecule has 0 radical (unpaired) electrons. The number of aryl methyl sites for hydroxylation is 1. The van der Waals surface area contributed by atoms with Crippen molar-refractivity contribution in [2.45, 2.75) is 85.3 Å². The van der Waals surface area contributed by atoms with Gasteiger partial charge in [-0.05, 0) is 20.3 Å². The highest BCUT2D eigenvalue weighted by atomic mass is 32.3. The van der Waals surface area contributed by atoms with Crippen molar-refractivity contribution < 1.29 is 40.7 Å². The number of carbonyl (C=O) groups is 1. The number of carbonyl (C=O) groups excluding carboxylic acids is 1. The van der Waals surface area contributed by atoms with Gasteiger partial charge in [-0.25, -0.2) is 22.3 Å². The lowest BCUT2D eigenvalue weighted by Crippen LogP contribution is -2.31. The fourth-order valence-corrected chi connectivity index (χ4v) is 2.85. The number of aromatic nitrogens is 2. The Morgan fingerprint density at radius 2 is 1.77 bits per heavy atom. The first-order valence-corrected chi connectivity index (χ1v) is 11.8. The fourth-order valence-electron chi connectivity index (χ4n) is 2.52. The van der Waals surface area contributed by atoms with Crippen LogP contribution >= 0.6 is 0 Å². The van der Waals surface area contributed by atoms with E-state index in [0.717, 1.165) is 18.7 Å². The molecule has 10 nitrogen and oxygen atoms in total. The molecule has 0 amide bonds. The summed E-state index contributed by atoms with van der Waals surface area (Å²) in [5.41, 5.74) is 0. The summed E-state index contributed by atoms with van der Waals surface area (Å²) in [5, 5.41) is 0. The maximum Gasteiger partial charge on any atom is 0.350 e. The number of unbranched alkanes of at least 4 members (excludes halogenated alkanes) is 5. The van der Waals surface area contributed by atoms with E-state index < -0.39 is 23.0 Å². The molecule has 0 fully saturated rings. The Labute approximate surface area is 186 Å². The zero-order valence-electron chi connectivity index (χ0n) is 19.5. The van der Waals surface area contributed by atoms with Gasteiger partial charge in [0.1, 0.15) is 12.4 Å². The molecule has 0 bridgehead atoms. The minimum absolute atomic E-state index is 0.0258. The molecule has 0 aliphatic heterocycles. The predicted molar refractivity (Wildman–Crippen MR) is 112 cm³/mol. The van der Waals surface area contributed by atoms with E-state index in [1.165, 1.54) is 26.4 Å². The van der Waals surface area contributed by atoms with E-state index in [2.05, 4.69) is 11.1 Å². The molecule has 0 aliphatic rings. The summed E-state index contributed by atoms with van der Waals surface area (Å²) >= 11 is 0. The predicted octanol–water partition coefficient (Wildman–Crippen LogP) is 2.34. The quantitative estimate of drug-likeness (QED) is 0.102. The molecule has 0 saturated carbocycles. The van der Waals surface area contributed by atoms with E-state index in [-0.39, 0.29) is 19.1 Å². The average Bonchev–Trinajstić information content (AvgIpc) is 2.98. The normalized spacial score (nSPS) is 13.3. The van der Waals surface area contributed by atoms with Gasteiger partial charge in [0.25, 0.3) is 5.82 Å². The molecule has 2 unspecified atom stereocenters. The van der Waals surface area contributed by atoms with Crippen molar-refractivity contribution in [3.05, 3.63) is 18.2 Å². The lowest BCUT2D eigenvalue weighted by molar-refractivity contribution is -0.677. The van der Waals surface area contributed by atoms with E-state index in [1.54, 1.807) is 13.8 Å². The largest absolute Gasteiger partial charge is 0.726 e. The minimum atomic E-state index is -4.47. The van der Waals surface area contributed by atoms with Crippen molar-refractivity contribution in [1.29, 1.82) is 0 Å². The third-order valence-corrected chi connectivity index (χ3v) is 4.89. The van der Waals surface area contributed by atoms with Crippen LogP contribution in [0, 0.1) is 6.92 Å². The average molecular weight is 467 g/mol. The van der Waals surface area contributed by atoms with E-state index in [1.807, 2.05) is 35.5 Å². The van der Waals surface area contributed by atoms with Crippen LogP contribution in [0.2, 0.25) is 0 Å². The van der Waals surface area contributed by atoms with Gasteiger partial charge in [0.2, 0.25) is 16.7 Å². The van der Waals surface area contributed by atoms with Crippen LogP contribution in [0.15, 0.2) is 12.4 Å². The molecule has 1 heterocycles. The minimum Gasteiger partial charge on any atom is -0.726 e. The standard InChI is InChI=1S/C12H21N2O4.C8H18O4S/c1-9-13(4)6-7-14(9)8-12(15)18-11(3)17-10(2)16-5;1-2-3-4-5-6-7-8-12-13(9,10)11/h6-7,10-11H,8H2,1-5H3;2-8H2,1H3,(H,9,10,11)/q+1;/p-1. The number of hydrogen-bond acceptors (Lipinski definition) is 8. The Balaban J connectivity index is 0.000000615. The Kier molecular flexibility index (Phi) is 15.4. The zero-order chi connectivity index (χ0) is 23.9. The molecule has 0 saturated heterocycles. The molecule has 11 heteroatoms. The van der Waals surface area contributed by atoms with E-state index in [9.17, 15) is 17.8 Å². The molecule has 0 N–H and O–H groups in total. The SMILES string of the molecule is CCCCCCCCOS(=O)(=O)[O-].COC(C)OC(C)OC(=O)Cn1cc[n+](C)c1C. The van der Waals surface area contributed by atoms with E-state index in [4.69, 9.17) is 14.2 Å². The number of nitrogens with zero attached hydrogens (tertiary/aromatic N) is 2. The smallest absolute Gasteiger partial charge is 0.350 e. The van der Waals surface area contributed by atoms with Gasteiger partial charge in [-0.3, -0.25) is 4.18 Å². The van der Waals surface area contributed by atoms with Crippen LogP contribution < -0.4 is 4.57 Å². The summed E-state index contributed by atoms with van der Waals surface area (Å²) < 4.78 is 53.1. The van der Waals surface area contributed by atoms with Crippen molar-refractivity contribution in [2.75, 3.05) is 13.7 Å². The molecule has 0 aromatic carbocycles. The van der Waals surface area contributed by atoms with E-state index in [0.29, 0.717) is 6.42 Å². The van der Waals surface area contributed by atoms with Crippen molar-refractivity contribution in [3.8, 4) is 0 Å². The van der Waals surface area contributed by atoms with Crippen molar-refractivity contribution >= 4 is 16.4 Å². The number of ether oxygens (including phenoxy) is 3. The second kappa shape index (κ2) is 16.2. The van der Waals surface area contributed by atoms with Gasteiger partial charge in [0.05, 0.1) is 13.7 Å².